The number of aliphatic imine (C=N–C) groups is 1. The van der Waals surface area contributed by atoms with Gasteiger partial charge in [-0.15, -0.1) is 6.58 Å². The highest BCUT2D eigenvalue weighted by Gasteiger charge is 1.85. The molecular weight excluding hydrogens is 76.1 g/mol. The van der Waals surface area contributed by atoms with Crippen LogP contribution >= 0.6 is 0 Å². The molecule has 2 heteroatoms. The van der Waals surface area contributed by atoms with Crippen molar-refractivity contribution in [3.05, 3.63) is 12.3 Å². The number of hydrogen-bond donors (Lipinski definition) is 0. The second-order valence-electron chi connectivity index (χ2n) is 0.882. The lowest BCUT2D eigenvalue weighted by Gasteiger charge is -1.61. The average molecular weight is 78.1 g/mol. The largest absolute Gasteiger partial charge is 0.292 e. The van der Waals surface area contributed by atoms with E-state index in [0.717, 1.165) is 0 Å². The molecule has 0 saturated carbocycles. The van der Waals surface area contributed by atoms with E-state index in [1.807, 2.05) is 0 Å². The molecule has 0 saturated heterocycles. The summed E-state index contributed by atoms with van der Waals surface area (Å²) < 4.78 is 3.40. The van der Waals surface area contributed by atoms with Gasteiger partial charge in [-0.1, -0.05) is 4.99 Å². The van der Waals surface area contributed by atoms with Crippen LogP contribution in [0.15, 0.2) is 17.3 Å². The molecule has 2 nitrogen and oxygen atoms in total. The van der Waals surface area contributed by atoms with Crippen LogP contribution < -0.4 is 4.67 Å². The van der Waals surface area contributed by atoms with Gasteiger partial charge in [-0.05, 0) is 0 Å². The molecule has 0 bridgehead atoms. The minimum absolute atomic E-state index is 0.551. The van der Waals surface area contributed by atoms with Crippen molar-refractivity contribution >= 4 is 12.2 Å². The first-order valence-electron chi connectivity index (χ1n) is 1.50. The van der Waals surface area contributed by atoms with Crippen molar-refractivity contribution in [2.75, 3.05) is 0 Å². The van der Waals surface area contributed by atoms with E-state index >= 15 is 0 Å². The minimum atomic E-state index is 0.551. The van der Waals surface area contributed by atoms with Crippen LogP contribution in [0.25, 0.3) is 0 Å². The van der Waals surface area contributed by atoms with E-state index in [1.54, 1.807) is 0 Å². The highest BCUT2D eigenvalue weighted by atomic mass is 14.8. The average Bonchev–Trinajstić information content (AvgIpc) is 1.86. The molecule has 28 valence electrons. The Labute approximate surface area is 35.3 Å². The summed E-state index contributed by atoms with van der Waals surface area (Å²) in [6.45, 7) is 3.42. The van der Waals surface area contributed by atoms with Crippen molar-refractivity contribution < 1.29 is 0 Å². The van der Waals surface area contributed by atoms with Crippen molar-refractivity contribution in [3.8, 4) is 0 Å². The van der Waals surface area contributed by atoms with E-state index in [4.69, 9.17) is 0 Å². The van der Waals surface area contributed by atoms with Gasteiger partial charge >= 0.3 is 0 Å². The standard InChI is InChI=1S/C4H2N2/c1-4-2-5-3-6-4/h1H2. The molecule has 0 amide bonds. The molecule has 0 aromatic rings. The number of hydrogen-bond acceptors (Lipinski definition) is 1. The van der Waals surface area contributed by atoms with Crippen LogP contribution in [0.2, 0.25) is 0 Å². The highest BCUT2D eigenvalue weighted by Crippen LogP contribution is 1.81. The lowest BCUT2D eigenvalue weighted by molar-refractivity contribution is 1.57. The van der Waals surface area contributed by atoms with Gasteiger partial charge in [0.2, 0.25) is 0 Å². The second-order valence-corrected chi connectivity index (χ2v) is 0.882. The van der Waals surface area contributed by atoms with Crippen LogP contribution in [-0.4, -0.2) is 12.2 Å². The smallest absolute Gasteiger partial charge is 0.263 e. The molecule has 0 radical (unpaired) electrons. The Bertz CT molecular complexity index is 148. The quantitative estimate of drug-likeness (QED) is 0.281. The topological polar surface area (TPSA) is 26.5 Å². The van der Waals surface area contributed by atoms with Gasteiger partial charge in [0.1, 0.15) is 5.70 Å². The maximum absolute atomic E-state index is 3.51. The molecule has 0 fully saturated rings. The Morgan fingerprint density at radius 1 is 2.00 bits per heavy atom. The molecule has 0 unspecified atom stereocenters. The molecule has 6 heavy (non-hydrogen) atoms. The zero-order chi connectivity index (χ0) is 4.41. The molecule has 0 N–H and O–H groups in total. The van der Waals surface area contributed by atoms with Crippen molar-refractivity contribution in [1.29, 1.82) is 0 Å². The summed E-state index contributed by atoms with van der Waals surface area (Å²) in [5, 5.41) is 0. The van der Waals surface area contributed by atoms with Gasteiger partial charge in [-0.3, -0.25) is 4.67 Å². The molecule has 0 aromatic heterocycles. The number of rotatable bonds is 0. The third kappa shape index (κ3) is 0.301. The summed E-state index contributed by atoms with van der Waals surface area (Å²) in [4.78, 5) is 3.51. The molecule has 1 heterocycles. The van der Waals surface area contributed by atoms with Crippen LogP contribution in [0.5, 0.6) is 0 Å². The summed E-state index contributed by atoms with van der Waals surface area (Å²) >= 11 is 0. The van der Waals surface area contributed by atoms with E-state index < -0.39 is 0 Å². The second kappa shape index (κ2) is 0.942. The maximum atomic E-state index is 3.51. The Hall–Kier alpha value is -1.10. The maximum Gasteiger partial charge on any atom is 0.263 e. The van der Waals surface area contributed by atoms with Gasteiger partial charge in [0.15, 0.2) is 6.21 Å². The van der Waals surface area contributed by atoms with Gasteiger partial charge in [0, 0.05) is 0 Å². The predicted molar refractivity (Wildman–Crippen MR) is 23.7 cm³/mol. The summed E-state index contributed by atoms with van der Waals surface area (Å²) in [5.74, 6) is 0. The summed E-state index contributed by atoms with van der Waals surface area (Å²) in [7, 11) is 0. The minimum Gasteiger partial charge on any atom is -0.292 e. The zero-order valence-electron chi connectivity index (χ0n) is 3.10. The van der Waals surface area contributed by atoms with Gasteiger partial charge in [0.25, 0.3) is 6.01 Å². The number of nitrogens with zero attached hydrogens (tertiary/aromatic N) is 2. The molecule has 1 aliphatic heterocycles. The lowest BCUT2D eigenvalue weighted by atomic mass is 10.6. The summed E-state index contributed by atoms with van der Waals surface area (Å²) in [5.41, 5.74) is 0.551. The van der Waals surface area contributed by atoms with Crippen LogP contribution in [0.3, 0.4) is 0 Å². The van der Waals surface area contributed by atoms with Crippen molar-refractivity contribution in [3.63, 3.8) is 0 Å². The predicted octanol–water partition coefficient (Wildman–Crippen LogP) is -0.297. The first-order valence-corrected chi connectivity index (χ1v) is 1.50. The fourth-order valence-electron chi connectivity index (χ4n) is 0.200. The monoisotopic (exact) mass is 78.0 g/mol. The Morgan fingerprint density at radius 3 is 3.00 bits per heavy atom. The SMILES string of the molecule is C=C1[C-]=[N+]=C=N1. The van der Waals surface area contributed by atoms with Crippen LogP contribution in [0.1, 0.15) is 0 Å². The Kier molecular flexibility index (Phi) is 0.487. The van der Waals surface area contributed by atoms with Crippen LogP contribution in [-0.2, 0) is 0 Å². The fourth-order valence-corrected chi connectivity index (χ4v) is 0.200. The molecule has 1 rings (SSSR count). The van der Waals surface area contributed by atoms with Gasteiger partial charge < -0.3 is 0 Å². The first kappa shape index (κ1) is 3.10. The summed E-state index contributed by atoms with van der Waals surface area (Å²) in [6.07, 6.45) is 2.47. The molecule has 1 aliphatic rings. The van der Waals surface area contributed by atoms with E-state index in [0.29, 0.717) is 5.70 Å². The van der Waals surface area contributed by atoms with E-state index in [-0.39, 0.29) is 0 Å². The van der Waals surface area contributed by atoms with E-state index in [1.165, 1.54) is 0 Å². The van der Waals surface area contributed by atoms with Crippen LogP contribution in [0.4, 0.5) is 0 Å². The third-order valence-corrected chi connectivity index (χ3v) is 0.420. The molecular formula is C4H2N2. The van der Waals surface area contributed by atoms with Crippen molar-refractivity contribution in [1.82, 2.24) is 4.67 Å². The Morgan fingerprint density at radius 2 is 2.83 bits per heavy atom. The summed E-state index contributed by atoms with van der Waals surface area (Å²) in [6, 6.07) is 2.31. The molecule has 0 aliphatic carbocycles. The molecule has 0 atom stereocenters. The van der Waals surface area contributed by atoms with Gasteiger partial charge in [-0.2, -0.15) is 0 Å². The Balaban J connectivity index is 3.19. The van der Waals surface area contributed by atoms with Gasteiger partial charge in [0.05, 0.1) is 0 Å². The van der Waals surface area contributed by atoms with E-state index in [2.05, 4.69) is 28.5 Å². The van der Waals surface area contributed by atoms with E-state index in [9.17, 15) is 0 Å². The highest BCUT2D eigenvalue weighted by molar-refractivity contribution is 5.82. The zero-order valence-corrected chi connectivity index (χ0v) is 3.10. The third-order valence-electron chi connectivity index (χ3n) is 0.420. The fraction of sp³-hybridized carbons (Fsp3) is 0. The molecule has 0 spiro atoms. The number of allylic oxidation sites excluding steroid dienone is 1. The molecule has 0 aromatic carbocycles. The first-order chi connectivity index (χ1) is 2.89. The lowest BCUT2D eigenvalue weighted by Crippen LogP contribution is -1.68. The van der Waals surface area contributed by atoms with Crippen molar-refractivity contribution in [2.24, 2.45) is 4.99 Å². The van der Waals surface area contributed by atoms with Gasteiger partial charge in [-0.25, -0.2) is 0 Å². The normalized spacial score (nSPS) is 14.3. The van der Waals surface area contributed by atoms with Crippen molar-refractivity contribution in [2.45, 2.75) is 0 Å². The van der Waals surface area contributed by atoms with Crippen LogP contribution in [0, 0.1) is 0 Å².